The van der Waals surface area contributed by atoms with Gasteiger partial charge in [0.05, 0.1) is 11.4 Å². The molecule has 0 radical (unpaired) electrons. The number of nitrogens with zero attached hydrogens (tertiary/aromatic N) is 2. The van der Waals surface area contributed by atoms with Crippen LogP contribution in [0.4, 0.5) is 14.5 Å². The van der Waals surface area contributed by atoms with Crippen LogP contribution in [0.1, 0.15) is 29.1 Å². The van der Waals surface area contributed by atoms with Crippen LogP contribution in [0.3, 0.4) is 0 Å². The molecule has 0 spiro atoms. The number of carbonyl (C=O) groups is 1. The van der Waals surface area contributed by atoms with Crippen LogP contribution in [0.2, 0.25) is 0 Å². The zero-order valence-corrected chi connectivity index (χ0v) is 17.3. The highest BCUT2D eigenvalue weighted by atomic mass is 32.2. The lowest BCUT2D eigenvalue weighted by Crippen LogP contribution is -2.16. The fraction of sp³-hybridized carbons (Fsp3) is 0.350. The van der Waals surface area contributed by atoms with Gasteiger partial charge in [-0.05, 0) is 50.3 Å². The Morgan fingerprint density at radius 3 is 2.90 bits per heavy atom. The number of aryl methyl sites for hydroxylation is 3. The Bertz CT molecular complexity index is 1060. The first-order valence-corrected chi connectivity index (χ1v) is 11.1. The molecule has 4 rings (SSSR count). The molecule has 152 valence electrons. The first-order chi connectivity index (χ1) is 14.0. The third-order valence-electron chi connectivity index (χ3n) is 4.61. The number of fused-ring (bicyclic) bond motifs is 3. The monoisotopic (exact) mass is 435 g/mol. The molecular formula is C20H19F2N3O2S2. The summed E-state index contributed by atoms with van der Waals surface area (Å²) in [7, 11) is 0. The van der Waals surface area contributed by atoms with E-state index >= 15 is 0 Å². The Morgan fingerprint density at radius 2 is 2.07 bits per heavy atom. The van der Waals surface area contributed by atoms with Gasteiger partial charge in [-0.15, -0.1) is 11.3 Å². The molecule has 1 N–H and O–H groups in total. The number of para-hydroxylation sites is 2. The molecule has 29 heavy (non-hydrogen) atoms. The van der Waals surface area contributed by atoms with Gasteiger partial charge in [-0.25, -0.2) is 9.97 Å². The quantitative estimate of drug-likeness (QED) is 0.425. The third-order valence-corrected chi connectivity index (χ3v) is 6.77. The van der Waals surface area contributed by atoms with Crippen molar-refractivity contribution in [3.8, 4) is 5.75 Å². The molecule has 2 heterocycles. The van der Waals surface area contributed by atoms with Crippen molar-refractivity contribution in [2.24, 2.45) is 0 Å². The van der Waals surface area contributed by atoms with E-state index < -0.39 is 6.61 Å². The van der Waals surface area contributed by atoms with Crippen LogP contribution in [-0.2, 0) is 17.6 Å². The Hall–Kier alpha value is -2.26. The molecule has 5 nitrogen and oxygen atoms in total. The van der Waals surface area contributed by atoms with Gasteiger partial charge in [-0.1, -0.05) is 23.9 Å². The summed E-state index contributed by atoms with van der Waals surface area (Å²) >= 11 is 3.06. The highest BCUT2D eigenvalue weighted by Gasteiger charge is 2.21. The number of alkyl halides is 2. The minimum atomic E-state index is -2.95. The van der Waals surface area contributed by atoms with Crippen molar-refractivity contribution < 1.29 is 18.3 Å². The number of thiophene rings is 1. The second-order valence-electron chi connectivity index (χ2n) is 6.68. The molecule has 0 fully saturated rings. The van der Waals surface area contributed by atoms with Gasteiger partial charge in [0.2, 0.25) is 5.91 Å². The summed E-state index contributed by atoms with van der Waals surface area (Å²) in [6.45, 7) is -1.11. The SMILES string of the molecule is Cc1nc(SCC(=O)Nc2ccccc2OC(F)F)c2c3c(sc2n1)CCCC3. The third kappa shape index (κ3) is 4.51. The van der Waals surface area contributed by atoms with E-state index in [1.165, 1.54) is 40.8 Å². The number of carbonyl (C=O) groups excluding carboxylic acids is 1. The molecule has 0 saturated heterocycles. The molecule has 9 heteroatoms. The van der Waals surface area contributed by atoms with Crippen molar-refractivity contribution in [2.45, 2.75) is 44.2 Å². The number of thioether (sulfide) groups is 1. The number of hydrogen-bond donors (Lipinski definition) is 1. The second-order valence-corrected chi connectivity index (χ2v) is 8.73. The van der Waals surface area contributed by atoms with Gasteiger partial charge in [0.25, 0.3) is 0 Å². The number of halogens is 2. The zero-order chi connectivity index (χ0) is 20.4. The Morgan fingerprint density at radius 1 is 1.28 bits per heavy atom. The highest BCUT2D eigenvalue weighted by molar-refractivity contribution is 8.00. The van der Waals surface area contributed by atoms with Crippen molar-refractivity contribution in [3.05, 3.63) is 40.5 Å². The highest BCUT2D eigenvalue weighted by Crippen LogP contribution is 2.39. The summed E-state index contributed by atoms with van der Waals surface area (Å²) in [5.74, 6) is 0.413. The van der Waals surface area contributed by atoms with Crippen LogP contribution >= 0.6 is 23.1 Å². The first kappa shape index (κ1) is 20.0. The molecule has 1 aliphatic rings. The molecule has 3 aromatic rings. The average Bonchev–Trinajstić information content (AvgIpc) is 3.05. The largest absolute Gasteiger partial charge is 0.433 e. The van der Waals surface area contributed by atoms with Crippen LogP contribution in [0.25, 0.3) is 10.2 Å². The van der Waals surface area contributed by atoms with E-state index in [1.807, 2.05) is 6.92 Å². The van der Waals surface area contributed by atoms with Gasteiger partial charge < -0.3 is 10.1 Å². The number of amides is 1. The normalized spacial score (nSPS) is 13.5. The van der Waals surface area contributed by atoms with Crippen LogP contribution in [-0.4, -0.2) is 28.2 Å². The van der Waals surface area contributed by atoms with E-state index in [1.54, 1.807) is 23.5 Å². The molecule has 0 atom stereocenters. The topological polar surface area (TPSA) is 64.1 Å². The number of nitrogens with one attached hydrogen (secondary N) is 1. The maximum absolute atomic E-state index is 12.5. The summed E-state index contributed by atoms with van der Waals surface area (Å²) in [5, 5.41) is 4.52. The molecule has 1 aromatic carbocycles. The van der Waals surface area contributed by atoms with Crippen LogP contribution in [0.15, 0.2) is 29.3 Å². The number of ether oxygens (including phenoxy) is 1. The lowest BCUT2D eigenvalue weighted by Gasteiger charge is -2.13. The van der Waals surface area contributed by atoms with Crippen LogP contribution < -0.4 is 10.1 Å². The molecule has 1 aliphatic carbocycles. The minimum absolute atomic E-state index is 0.0620. The molecule has 1 amide bonds. The maximum Gasteiger partial charge on any atom is 0.387 e. The molecule has 0 bridgehead atoms. The standard InChI is InChI=1S/C20H19F2N3O2S2/c1-11-23-18(17-12-6-2-5-9-15(12)29-19(17)24-11)28-10-16(26)25-13-7-3-4-8-14(13)27-20(21)22/h3-4,7-8,20H,2,5-6,9-10H2,1H3,(H,25,26). The predicted molar refractivity (Wildman–Crippen MR) is 111 cm³/mol. The Labute approximate surface area is 174 Å². The van der Waals surface area contributed by atoms with E-state index in [0.29, 0.717) is 5.82 Å². The second kappa shape index (κ2) is 8.62. The van der Waals surface area contributed by atoms with E-state index in [2.05, 4.69) is 20.0 Å². The fourth-order valence-corrected chi connectivity index (χ4v) is 5.69. The lowest BCUT2D eigenvalue weighted by atomic mass is 9.97. The van der Waals surface area contributed by atoms with Gasteiger partial charge in [-0.2, -0.15) is 8.78 Å². The predicted octanol–water partition coefficient (Wildman–Crippen LogP) is 5.21. The van der Waals surface area contributed by atoms with Gasteiger partial charge in [0.1, 0.15) is 21.4 Å². The zero-order valence-electron chi connectivity index (χ0n) is 15.7. The average molecular weight is 436 g/mol. The molecule has 0 unspecified atom stereocenters. The van der Waals surface area contributed by atoms with Crippen molar-refractivity contribution in [1.82, 2.24) is 9.97 Å². The van der Waals surface area contributed by atoms with E-state index in [0.717, 1.165) is 34.5 Å². The summed E-state index contributed by atoms with van der Waals surface area (Å²) in [5.41, 5.74) is 1.53. The molecule has 0 aliphatic heterocycles. The van der Waals surface area contributed by atoms with Gasteiger partial charge in [0, 0.05) is 10.3 Å². The molecule has 2 aromatic heterocycles. The molecule has 0 saturated carbocycles. The van der Waals surface area contributed by atoms with Gasteiger partial charge in [0.15, 0.2) is 0 Å². The van der Waals surface area contributed by atoms with Gasteiger partial charge >= 0.3 is 6.61 Å². The van der Waals surface area contributed by atoms with Crippen molar-refractivity contribution in [3.63, 3.8) is 0 Å². The number of rotatable bonds is 6. The number of benzene rings is 1. The number of anilines is 1. The van der Waals surface area contributed by atoms with Crippen LogP contribution in [0, 0.1) is 6.92 Å². The maximum atomic E-state index is 12.5. The lowest BCUT2D eigenvalue weighted by molar-refractivity contribution is -0.113. The van der Waals surface area contributed by atoms with Crippen molar-refractivity contribution in [1.29, 1.82) is 0 Å². The summed E-state index contributed by atoms with van der Waals surface area (Å²) in [4.78, 5) is 24.0. The Kier molecular flexibility index (Phi) is 5.96. The summed E-state index contributed by atoms with van der Waals surface area (Å²) in [6.07, 6.45) is 4.43. The smallest absolute Gasteiger partial charge is 0.387 e. The van der Waals surface area contributed by atoms with Crippen molar-refractivity contribution in [2.75, 3.05) is 11.1 Å². The van der Waals surface area contributed by atoms with E-state index in [4.69, 9.17) is 0 Å². The number of hydrogen-bond acceptors (Lipinski definition) is 6. The number of aromatic nitrogens is 2. The van der Waals surface area contributed by atoms with Gasteiger partial charge in [-0.3, -0.25) is 4.79 Å². The minimum Gasteiger partial charge on any atom is -0.433 e. The Balaban J connectivity index is 1.52. The van der Waals surface area contributed by atoms with E-state index in [-0.39, 0.29) is 23.1 Å². The molecular weight excluding hydrogens is 416 g/mol. The fourth-order valence-electron chi connectivity index (χ4n) is 3.42. The summed E-state index contributed by atoms with van der Waals surface area (Å²) in [6, 6.07) is 6.14. The first-order valence-electron chi connectivity index (χ1n) is 9.26. The van der Waals surface area contributed by atoms with Crippen LogP contribution in [0.5, 0.6) is 5.75 Å². The van der Waals surface area contributed by atoms with Crippen molar-refractivity contribution >= 4 is 44.9 Å². The summed E-state index contributed by atoms with van der Waals surface area (Å²) < 4.78 is 29.6. The van der Waals surface area contributed by atoms with E-state index in [9.17, 15) is 13.6 Å².